The van der Waals surface area contributed by atoms with Gasteiger partial charge in [-0.25, -0.2) is 28.6 Å². The molecule has 0 spiro atoms. The fraction of sp³-hybridized carbons (Fsp3) is 0.633. The Hall–Kier alpha value is -3.24. The van der Waals surface area contributed by atoms with Gasteiger partial charge in [-0.1, -0.05) is 35.3 Å². The second-order valence-corrected chi connectivity index (χ2v) is 22.8. The maximum atomic E-state index is 14.5. The van der Waals surface area contributed by atoms with Crippen LogP contribution in [0, 0.1) is 6.57 Å². The largest absolute Gasteiger partial charge is 0.444 e. The molecule has 5 rings (SSSR count). The third-order valence-corrected chi connectivity index (χ3v) is 12.7. The van der Waals surface area contributed by atoms with Crippen LogP contribution in [0.4, 0.5) is 19.3 Å². The van der Waals surface area contributed by atoms with Crippen molar-refractivity contribution in [1.82, 2.24) is 29.2 Å². The van der Waals surface area contributed by atoms with E-state index < -0.39 is 46.9 Å². The number of amides is 1. The highest BCUT2D eigenvalue weighted by Crippen LogP contribution is 2.47. The van der Waals surface area contributed by atoms with Crippen LogP contribution in [-0.4, -0.2) is 103 Å². The number of anilines is 1. The van der Waals surface area contributed by atoms with Crippen LogP contribution < -0.4 is 4.90 Å². The van der Waals surface area contributed by atoms with Gasteiger partial charge < -0.3 is 19.3 Å². The van der Waals surface area contributed by atoms with E-state index in [9.17, 15) is 22.0 Å². The molecule has 1 aromatic carbocycles. The molecule has 2 aromatic heterocycles. The number of nitrogens with zero attached hydrogens (tertiary/aromatic N) is 8. The summed E-state index contributed by atoms with van der Waals surface area (Å²) < 4.78 is 70.2. The van der Waals surface area contributed by atoms with Gasteiger partial charge in [0.2, 0.25) is 0 Å². The van der Waals surface area contributed by atoms with Crippen molar-refractivity contribution >= 4 is 52.1 Å². The molecular weight excluding hydrogens is 683 g/mol. The molecule has 0 N–H and O–H groups in total. The van der Waals surface area contributed by atoms with Gasteiger partial charge in [-0.05, 0) is 38.9 Å². The Kier molecular flexibility index (Phi) is 9.94. The molecule has 13 nitrogen and oxygen atoms in total. The molecule has 1 aliphatic carbocycles. The number of rotatable bonds is 11. The van der Waals surface area contributed by atoms with Gasteiger partial charge >= 0.3 is 11.8 Å². The van der Waals surface area contributed by atoms with Gasteiger partial charge in [-0.15, -0.1) is 10.2 Å². The SMILES string of the molecule is [C-]#[N+]C1(N(COCC[Si](C)(C)C)S(=O)(=O)c2cc(N3CCN(C(=O)OC(C)(C)C)CC3)c3c(c2)c(-c2nnc(C(F)F)s2)nn3C)CC1. The molecule has 2 aliphatic rings. The summed E-state index contributed by atoms with van der Waals surface area (Å²) in [6, 6.07) is 3.86. The van der Waals surface area contributed by atoms with E-state index in [1.807, 2.05) is 4.90 Å². The van der Waals surface area contributed by atoms with Crippen molar-refractivity contribution in [2.75, 3.05) is 44.4 Å². The van der Waals surface area contributed by atoms with Crippen LogP contribution in [0.3, 0.4) is 0 Å². The van der Waals surface area contributed by atoms with E-state index >= 15 is 0 Å². The molecule has 3 heterocycles. The summed E-state index contributed by atoms with van der Waals surface area (Å²) in [5.74, 6) is 0. The van der Waals surface area contributed by atoms with Crippen molar-refractivity contribution in [3.63, 3.8) is 0 Å². The highest BCUT2D eigenvalue weighted by molar-refractivity contribution is 7.89. The lowest BCUT2D eigenvalue weighted by atomic mass is 10.1. The van der Waals surface area contributed by atoms with Crippen LogP contribution in [0.1, 0.15) is 45.0 Å². The Labute approximate surface area is 284 Å². The maximum Gasteiger partial charge on any atom is 0.410 e. The summed E-state index contributed by atoms with van der Waals surface area (Å²) in [6.07, 6.45) is -2.49. The molecular formula is C30H42F2N8O5S2Si. The van der Waals surface area contributed by atoms with Crippen molar-refractivity contribution in [3.8, 4) is 10.7 Å². The van der Waals surface area contributed by atoms with Gasteiger partial charge in [-0.3, -0.25) is 9.53 Å². The van der Waals surface area contributed by atoms with Gasteiger partial charge in [0.25, 0.3) is 16.4 Å². The van der Waals surface area contributed by atoms with Gasteiger partial charge in [0.1, 0.15) is 18.0 Å². The summed E-state index contributed by atoms with van der Waals surface area (Å²) in [4.78, 5) is 20.0. The lowest BCUT2D eigenvalue weighted by Crippen LogP contribution is -2.50. The second kappa shape index (κ2) is 13.2. The molecule has 1 amide bonds. The first-order valence-corrected chi connectivity index (χ1v) is 21.7. The molecule has 0 radical (unpaired) electrons. The number of aromatic nitrogens is 4. The number of hydrogen-bond acceptors (Lipinski definition) is 10. The highest BCUT2D eigenvalue weighted by atomic mass is 32.2. The topological polar surface area (TPSA) is 127 Å². The Balaban J connectivity index is 1.58. The van der Waals surface area contributed by atoms with Crippen molar-refractivity contribution in [2.24, 2.45) is 7.05 Å². The predicted molar refractivity (Wildman–Crippen MR) is 181 cm³/mol. The van der Waals surface area contributed by atoms with Crippen LogP contribution in [0.25, 0.3) is 26.4 Å². The standard InChI is InChI=1S/C30H42F2N8O5S2Si/c1-29(2,3)45-28(41)39-13-11-38(12-14-39)22-18-20(17-21-23(36-37(5)24(21)22)26-34-35-27(46-26)25(31)32)47(42,43)40(30(33-4)9-10-30)19-44-15-16-48(6,7)8/h17-18,25H,9-16,19H2,1-3,5-8H3. The predicted octanol–water partition coefficient (Wildman–Crippen LogP) is 5.80. The molecule has 2 fully saturated rings. The third-order valence-electron chi connectivity index (χ3n) is 8.16. The van der Waals surface area contributed by atoms with Crippen LogP contribution in [0.5, 0.6) is 0 Å². The number of carbonyl (C=O) groups excluding carboxylic acids is 1. The van der Waals surface area contributed by atoms with E-state index in [1.54, 1.807) is 43.5 Å². The molecule has 262 valence electrons. The minimum absolute atomic E-state index is 0.0869. The van der Waals surface area contributed by atoms with E-state index in [1.165, 1.54) is 6.07 Å². The summed E-state index contributed by atoms with van der Waals surface area (Å²) in [7, 11) is -4.09. The number of sulfonamides is 1. The fourth-order valence-electron chi connectivity index (χ4n) is 5.39. The molecule has 3 aromatic rings. The lowest BCUT2D eigenvalue weighted by molar-refractivity contribution is 0.0240. The second-order valence-electron chi connectivity index (χ2n) is 14.3. The fourth-order valence-corrected chi connectivity index (χ4v) is 8.51. The molecule has 1 saturated carbocycles. The van der Waals surface area contributed by atoms with E-state index in [0.29, 0.717) is 73.6 Å². The van der Waals surface area contributed by atoms with Gasteiger partial charge in [0.05, 0.1) is 28.9 Å². The molecule has 18 heteroatoms. The molecule has 0 bridgehead atoms. The molecule has 1 saturated heterocycles. The highest BCUT2D eigenvalue weighted by Gasteiger charge is 2.61. The number of piperazine rings is 1. The van der Waals surface area contributed by atoms with Crippen LogP contribution in [-0.2, 0) is 26.5 Å². The number of benzene rings is 1. The van der Waals surface area contributed by atoms with Gasteiger partial charge in [0, 0.05) is 53.3 Å². The third kappa shape index (κ3) is 7.64. The number of halogens is 2. The zero-order chi connectivity index (χ0) is 35.2. The average molecular weight is 725 g/mol. The minimum Gasteiger partial charge on any atom is -0.444 e. The average Bonchev–Trinajstić information content (AvgIpc) is 3.48. The van der Waals surface area contributed by atoms with Gasteiger partial charge in [0.15, 0.2) is 10.0 Å². The monoisotopic (exact) mass is 724 g/mol. The first-order valence-electron chi connectivity index (χ1n) is 15.7. The van der Waals surface area contributed by atoms with E-state index in [0.717, 1.165) is 10.3 Å². The van der Waals surface area contributed by atoms with Crippen molar-refractivity contribution in [1.29, 1.82) is 0 Å². The van der Waals surface area contributed by atoms with Crippen molar-refractivity contribution in [3.05, 3.63) is 28.6 Å². The summed E-state index contributed by atoms with van der Waals surface area (Å²) in [5, 5.41) is 12.2. The molecule has 0 atom stereocenters. The molecule has 1 aliphatic heterocycles. The Morgan fingerprint density at radius 3 is 2.38 bits per heavy atom. The normalized spacial score (nSPS) is 17.0. The summed E-state index contributed by atoms with van der Waals surface area (Å²) >= 11 is 0.688. The Bertz CT molecular complexity index is 1820. The van der Waals surface area contributed by atoms with Crippen LogP contribution in [0.15, 0.2) is 17.0 Å². The summed E-state index contributed by atoms with van der Waals surface area (Å²) in [5.41, 5.74) is -0.589. The number of carbonyl (C=O) groups is 1. The van der Waals surface area contributed by atoms with E-state index in [-0.39, 0.29) is 22.3 Å². The van der Waals surface area contributed by atoms with Crippen molar-refractivity contribution < 1.29 is 31.5 Å². The Morgan fingerprint density at radius 1 is 1.17 bits per heavy atom. The van der Waals surface area contributed by atoms with Crippen LogP contribution >= 0.6 is 11.3 Å². The molecule has 0 unspecified atom stereocenters. The number of fused-ring (bicyclic) bond motifs is 1. The van der Waals surface area contributed by atoms with E-state index in [2.05, 4.69) is 39.8 Å². The zero-order valence-corrected chi connectivity index (χ0v) is 30.9. The lowest BCUT2D eigenvalue weighted by Gasteiger charge is -2.37. The Morgan fingerprint density at radius 2 is 1.83 bits per heavy atom. The smallest absolute Gasteiger partial charge is 0.410 e. The first-order chi connectivity index (χ1) is 22.3. The number of hydrogen-bond donors (Lipinski definition) is 0. The maximum absolute atomic E-state index is 14.5. The summed E-state index contributed by atoms with van der Waals surface area (Å²) in [6.45, 7) is 21.3. The number of ether oxygens (including phenoxy) is 2. The van der Waals surface area contributed by atoms with Crippen molar-refractivity contribution in [2.45, 2.75) is 81.9 Å². The quantitative estimate of drug-likeness (QED) is 0.104. The van der Waals surface area contributed by atoms with E-state index in [4.69, 9.17) is 16.0 Å². The van der Waals surface area contributed by atoms with Crippen LogP contribution in [0.2, 0.25) is 25.7 Å². The number of aryl methyl sites for hydroxylation is 1. The minimum atomic E-state index is -4.31. The number of alkyl halides is 2. The van der Waals surface area contributed by atoms with Gasteiger partial charge in [-0.2, -0.15) is 5.10 Å². The zero-order valence-electron chi connectivity index (χ0n) is 28.3. The molecule has 48 heavy (non-hydrogen) atoms. The first kappa shape index (κ1) is 36.0.